The van der Waals surface area contributed by atoms with Crippen molar-refractivity contribution in [1.29, 1.82) is 0 Å². The van der Waals surface area contributed by atoms with E-state index in [0.29, 0.717) is 12.5 Å². The van der Waals surface area contributed by atoms with E-state index >= 15 is 0 Å². The number of nitrogens with one attached hydrogen (secondary N) is 1. The van der Waals surface area contributed by atoms with E-state index in [9.17, 15) is 0 Å². The second-order valence-electron chi connectivity index (χ2n) is 6.30. The molecule has 3 N–H and O–H groups in total. The van der Waals surface area contributed by atoms with Gasteiger partial charge in [-0.25, -0.2) is 0 Å². The quantitative estimate of drug-likeness (QED) is 0.455. The van der Waals surface area contributed by atoms with E-state index < -0.39 is 0 Å². The zero-order valence-electron chi connectivity index (χ0n) is 13.7. The molecule has 0 spiro atoms. The first-order valence-corrected chi connectivity index (χ1v) is 8.84. The summed E-state index contributed by atoms with van der Waals surface area (Å²) in [5.41, 5.74) is 6.00. The summed E-state index contributed by atoms with van der Waals surface area (Å²) in [7, 11) is 0. The van der Waals surface area contributed by atoms with Crippen LogP contribution in [0.25, 0.3) is 0 Å². The van der Waals surface area contributed by atoms with Crippen molar-refractivity contribution in [2.75, 3.05) is 45.9 Å². The van der Waals surface area contributed by atoms with Gasteiger partial charge in [-0.2, -0.15) is 0 Å². The van der Waals surface area contributed by atoms with Crippen LogP contribution < -0.4 is 11.1 Å². The summed E-state index contributed by atoms with van der Waals surface area (Å²) in [4.78, 5) is 8.27. The third kappa shape index (κ3) is 5.59. The molecule has 1 fully saturated rings. The number of guanidine groups is 1. The number of ether oxygens (including phenoxy) is 1. The summed E-state index contributed by atoms with van der Waals surface area (Å²) in [6, 6.07) is 4.24. The number of thiophene rings is 1. The number of nitrogens with zero attached hydrogens (tertiary/aromatic N) is 2. The fourth-order valence-corrected chi connectivity index (χ4v) is 3.27. The second kappa shape index (κ2) is 8.50. The fourth-order valence-electron chi connectivity index (χ4n) is 2.42. The van der Waals surface area contributed by atoms with E-state index in [-0.39, 0.29) is 5.41 Å². The van der Waals surface area contributed by atoms with Gasteiger partial charge in [0.2, 0.25) is 0 Å². The first kappa shape index (κ1) is 17.2. The van der Waals surface area contributed by atoms with Crippen molar-refractivity contribution in [3.05, 3.63) is 22.4 Å². The predicted octanol–water partition coefficient (Wildman–Crippen LogP) is 1.65. The van der Waals surface area contributed by atoms with Crippen LogP contribution in [0.1, 0.15) is 25.1 Å². The van der Waals surface area contributed by atoms with Gasteiger partial charge in [-0.1, -0.05) is 19.9 Å². The van der Waals surface area contributed by atoms with Crippen LogP contribution in [-0.2, 0) is 10.2 Å². The topological polar surface area (TPSA) is 62.9 Å². The average Bonchev–Trinajstić information content (AvgIpc) is 3.06. The number of aliphatic imine (C=N–C) groups is 1. The van der Waals surface area contributed by atoms with Crippen LogP contribution >= 0.6 is 11.3 Å². The van der Waals surface area contributed by atoms with Gasteiger partial charge < -0.3 is 15.8 Å². The van der Waals surface area contributed by atoms with Gasteiger partial charge in [0, 0.05) is 29.9 Å². The molecular formula is C16H28N4OS. The molecule has 6 heteroatoms. The molecule has 124 valence electrons. The molecule has 1 aliphatic heterocycles. The third-order valence-electron chi connectivity index (χ3n) is 3.89. The summed E-state index contributed by atoms with van der Waals surface area (Å²) in [5, 5.41) is 5.32. The first-order chi connectivity index (χ1) is 10.6. The number of nitrogens with two attached hydrogens (primary N) is 1. The summed E-state index contributed by atoms with van der Waals surface area (Å²) >= 11 is 1.77. The molecule has 1 saturated heterocycles. The minimum absolute atomic E-state index is 0.0360. The first-order valence-electron chi connectivity index (χ1n) is 7.96. The lowest BCUT2D eigenvalue weighted by Gasteiger charge is -2.26. The molecule has 0 aromatic carbocycles. The van der Waals surface area contributed by atoms with E-state index in [1.54, 1.807) is 11.3 Å². The van der Waals surface area contributed by atoms with Gasteiger partial charge in [0.15, 0.2) is 5.96 Å². The highest BCUT2D eigenvalue weighted by Crippen LogP contribution is 2.27. The predicted molar refractivity (Wildman–Crippen MR) is 93.7 cm³/mol. The lowest BCUT2D eigenvalue weighted by Crippen LogP contribution is -2.39. The van der Waals surface area contributed by atoms with E-state index in [2.05, 4.69) is 46.6 Å². The minimum Gasteiger partial charge on any atom is -0.379 e. The number of hydrogen-bond donors (Lipinski definition) is 2. The zero-order chi connectivity index (χ0) is 15.8. The molecule has 0 aliphatic carbocycles. The molecule has 1 aromatic rings. The van der Waals surface area contributed by atoms with E-state index in [0.717, 1.165) is 45.8 Å². The second-order valence-corrected chi connectivity index (χ2v) is 7.24. The smallest absolute Gasteiger partial charge is 0.188 e. The Morgan fingerprint density at radius 3 is 2.91 bits per heavy atom. The maximum Gasteiger partial charge on any atom is 0.188 e. The Labute approximate surface area is 137 Å². The van der Waals surface area contributed by atoms with Gasteiger partial charge >= 0.3 is 0 Å². The monoisotopic (exact) mass is 324 g/mol. The van der Waals surface area contributed by atoms with E-state index in [1.165, 1.54) is 4.88 Å². The van der Waals surface area contributed by atoms with Gasteiger partial charge in [0.05, 0.1) is 19.8 Å². The van der Waals surface area contributed by atoms with Crippen molar-refractivity contribution in [2.24, 2.45) is 10.7 Å². The van der Waals surface area contributed by atoms with Gasteiger partial charge in [-0.05, 0) is 24.4 Å². The molecule has 2 rings (SSSR count). The van der Waals surface area contributed by atoms with Crippen LogP contribution in [-0.4, -0.2) is 56.8 Å². The normalized spacial score (nSPS) is 17.6. The molecule has 0 unspecified atom stereocenters. The SMILES string of the molecule is CC(C)(CN=C(N)NCCCN1CCOCC1)c1cccs1. The molecule has 0 amide bonds. The molecule has 0 saturated carbocycles. The van der Waals surface area contributed by atoms with Crippen LogP contribution in [0.2, 0.25) is 0 Å². The fraction of sp³-hybridized carbons (Fsp3) is 0.688. The zero-order valence-corrected chi connectivity index (χ0v) is 14.5. The van der Waals surface area contributed by atoms with Crippen LogP contribution in [0.15, 0.2) is 22.5 Å². The summed E-state index contributed by atoms with van der Waals surface area (Å²) in [5.74, 6) is 0.548. The van der Waals surface area contributed by atoms with Gasteiger partial charge in [0.1, 0.15) is 0 Å². The molecule has 1 aromatic heterocycles. The Morgan fingerprint density at radius 1 is 1.45 bits per heavy atom. The van der Waals surface area contributed by atoms with Crippen molar-refractivity contribution in [3.63, 3.8) is 0 Å². The maximum atomic E-state index is 5.96. The Morgan fingerprint density at radius 2 is 2.23 bits per heavy atom. The maximum absolute atomic E-state index is 5.96. The van der Waals surface area contributed by atoms with Gasteiger partial charge in [0.25, 0.3) is 0 Å². The number of rotatable bonds is 7. The molecule has 0 atom stereocenters. The van der Waals surface area contributed by atoms with Crippen molar-refractivity contribution in [2.45, 2.75) is 25.7 Å². The largest absolute Gasteiger partial charge is 0.379 e. The highest BCUT2D eigenvalue weighted by molar-refractivity contribution is 7.10. The minimum atomic E-state index is 0.0360. The lowest BCUT2D eigenvalue weighted by molar-refractivity contribution is 0.0376. The molecule has 2 heterocycles. The Balaban J connectivity index is 1.65. The molecular weight excluding hydrogens is 296 g/mol. The van der Waals surface area contributed by atoms with E-state index in [4.69, 9.17) is 10.5 Å². The average molecular weight is 324 g/mol. The molecule has 22 heavy (non-hydrogen) atoms. The van der Waals surface area contributed by atoms with Crippen LogP contribution in [0.5, 0.6) is 0 Å². The van der Waals surface area contributed by atoms with Crippen molar-refractivity contribution in [3.8, 4) is 0 Å². The summed E-state index contributed by atoms with van der Waals surface area (Å²) in [6.45, 7) is 10.9. The number of morpholine rings is 1. The van der Waals surface area contributed by atoms with Crippen LogP contribution in [0.4, 0.5) is 0 Å². The van der Waals surface area contributed by atoms with Crippen LogP contribution in [0, 0.1) is 0 Å². The lowest BCUT2D eigenvalue weighted by atomic mass is 9.92. The van der Waals surface area contributed by atoms with Gasteiger partial charge in [-0.15, -0.1) is 11.3 Å². The van der Waals surface area contributed by atoms with Gasteiger partial charge in [-0.3, -0.25) is 9.89 Å². The Hall–Kier alpha value is -1.11. The third-order valence-corrected chi connectivity index (χ3v) is 5.13. The highest BCUT2D eigenvalue weighted by Gasteiger charge is 2.21. The number of hydrogen-bond acceptors (Lipinski definition) is 4. The van der Waals surface area contributed by atoms with Crippen LogP contribution in [0.3, 0.4) is 0 Å². The molecule has 0 bridgehead atoms. The van der Waals surface area contributed by atoms with Crippen molar-refractivity contribution < 1.29 is 4.74 Å². The Kier molecular flexibility index (Phi) is 6.67. The van der Waals surface area contributed by atoms with Crippen molar-refractivity contribution in [1.82, 2.24) is 10.2 Å². The summed E-state index contributed by atoms with van der Waals surface area (Å²) in [6.07, 6.45) is 1.07. The molecule has 0 radical (unpaired) electrons. The standard InChI is InChI=1S/C16H28N4OS/c1-16(2,14-5-3-12-22-14)13-19-15(17)18-6-4-7-20-8-10-21-11-9-20/h3,5,12H,4,6-11,13H2,1-2H3,(H3,17,18,19). The Bertz CT molecular complexity index is 453. The molecule has 5 nitrogen and oxygen atoms in total. The molecule has 1 aliphatic rings. The van der Waals surface area contributed by atoms with Crippen molar-refractivity contribution >= 4 is 17.3 Å². The summed E-state index contributed by atoms with van der Waals surface area (Å²) < 4.78 is 5.34. The van der Waals surface area contributed by atoms with E-state index in [1.807, 2.05) is 0 Å². The highest BCUT2D eigenvalue weighted by atomic mass is 32.1.